The maximum atomic E-state index is 2.61. The van der Waals surface area contributed by atoms with Crippen molar-refractivity contribution in [2.75, 3.05) is 14.7 Å². The fourth-order valence-corrected chi connectivity index (χ4v) is 11.5. The Kier molecular flexibility index (Phi) is 12.2. The molecular formula is C70H74BN3. The zero-order valence-electron chi connectivity index (χ0n) is 46.1. The Labute approximate surface area is 443 Å². The summed E-state index contributed by atoms with van der Waals surface area (Å²) < 4.78 is 0. The standard InChI is InChI=1S/C70H74BN3/c1-13-67(5,6)51-27-35-55(36-28-51)73-62-39-31-53(69(9,10)15-3)43-60(62)71-61-44-54(70(11,12)16-4)32-40-63(61)74(56-37-29-52(30-38-56)68(7,8)14-2)65-46-59(45-64(73)66(65)71)72(57-33-25-47-21-17-19-23-49(47)41-57)58-34-26-48-22-18-20-24-50(48)42-58/h17-46H,13-16H2,1-12H3. The Morgan fingerprint density at radius 1 is 0.338 bits per heavy atom. The van der Waals surface area contributed by atoms with Crippen LogP contribution in [0.2, 0.25) is 0 Å². The van der Waals surface area contributed by atoms with Gasteiger partial charge in [0.1, 0.15) is 0 Å². The Balaban J connectivity index is 1.28. The van der Waals surface area contributed by atoms with Crippen LogP contribution in [0.5, 0.6) is 0 Å². The fraction of sp³-hybridized carbons (Fsp3) is 0.286. The van der Waals surface area contributed by atoms with Crippen LogP contribution in [0.4, 0.5) is 51.2 Å². The number of benzene rings is 9. The summed E-state index contributed by atoms with van der Waals surface area (Å²) in [5.74, 6) is 0. The van der Waals surface area contributed by atoms with Gasteiger partial charge in [-0.15, -0.1) is 0 Å². The molecule has 9 aromatic carbocycles. The van der Waals surface area contributed by atoms with Gasteiger partial charge in [0.05, 0.1) is 5.69 Å². The molecule has 2 heterocycles. The first-order valence-corrected chi connectivity index (χ1v) is 27.5. The second-order valence-corrected chi connectivity index (χ2v) is 24.0. The lowest BCUT2D eigenvalue weighted by atomic mass is 9.33. The van der Waals surface area contributed by atoms with E-state index in [-0.39, 0.29) is 28.4 Å². The van der Waals surface area contributed by atoms with E-state index >= 15 is 0 Å². The van der Waals surface area contributed by atoms with Crippen LogP contribution in [-0.4, -0.2) is 6.71 Å². The van der Waals surface area contributed by atoms with Gasteiger partial charge in [0.25, 0.3) is 6.71 Å². The highest BCUT2D eigenvalue weighted by Gasteiger charge is 2.45. The van der Waals surface area contributed by atoms with Gasteiger partial charge < -0.3 is 14.7 Å². The molecule has 0 aromatic heterocycles. The van der Waals surface area contributed by atoms with E-state index in [4.69, 9.17) is 0 Å². The van der Waals surface area contributed by atoms with Gasteiger partial charge >= 0.3 is 0 Å². The van der Waals surface area contributed by atoms with Gasteiger partial charge in [-0.1, -0.05) is 192 Å². The van der Waals surface area contributed by atoms with Crippen LogP contribution in [-0.2, 0) is 21.7 Å². The van der Waals surface area contributed by atoms with Crippen LogP contribution < -0.4 is 31.1 Å². The zero-order valence-corrected chi connectivity index (χ0v) is 46.1. The van der Waals surface area contributed by atoms with Crippen molar-refractivity contribution in [2.45, 2.75) is 130 Å². The van der Waals surface area contributed by atoms with Crippen molar-refractivity contribution in [1.82, 2.24) is 0 Å². The predicted octanol–water partition coefficient (Wildman–Crippen LogP) is 18.3. The maximum absolute atomic E-state index is 2.61. The molecule has 3 nitrogen and oxygen atoms in total. The smallest absolute Gasteiger partial charge is 0.252 e. The quantitative estimate of drug-likeness (QED) is 0.107. The van der Waals surface area contributed by atoms with Crippen molar-refractivity contribution in [3.63, 3.8) is 0 Å². The van der Waals surface area contributed by atoms with Crippen molar-refractivity contribution < 1.29 is 0 Å². The topological polar surface area (TPSA) is 9.72 Å². The molecule has 0 aliphatic carbocycles. The first-order valence-electron chi connectivity index (χ1n) is 27.5. The molecule has 0 bridgehead atoms. The number of fused-ring (bicyclic) bond motifs is 6. The monoisotopic (exact) mass is 968 g/mol. The van der Waals surface area contributed by atoms with Crippen LogP contribution in [0.15, 0.2) is 182 Å². The Hall–Kier alpha value is -7.04. The third-order valence-corrected chi connectivity index (χ3v) is 18.2. The largest absolute Gasteiger partial charge is 0.311 e. The third kappa shape index (κ3) is 8.30. The van der Waals surface area contributed by atoms with Gasteiger partial charge in [0.2, 0.25) is 0 Å². The number of nitrogens with zero attached hydrogens (tertiary/aromatic N) is 3. The van der Waals surface area contributed by atoms with Crippen molar-refractivity contribution in [3.8, 4) is 0 Å². The van der Waals surface area contributed by atoms with Gasteiger partial charge in [0.15, 0.2) is 0 Å². The zero-order chi connectivity index (χ0) is 51.9. The second kappa shape index (κ2) is 18.4. The molecule has 372 valence electrons. The average molecular weight is 968 g/mol. The molecule has 2 aliphatic rings. The van der Waals surface area contributed by atoms with Crippen molar-refractivity contribution in [2.24, 2.45) is 0 Å². The number of anilines is 9. The van der Waals surface area contributed by atoms with E-state index in [9.17, 15) is 0 Å². The SMILES string of the molecule is CCC(C)(C)c1ccc(N2c3ccc(C(C)(C)CC)cc3B3c4cc(C(C)(C)CC)ccc4N(c4ccc(C(C)(C)CC)cc4)c4cc(N(c5ccc6ccccc6c5)c5ccc6ccccc6c5)cc2c43)cc1. The lowest BCUT2D eigenvalue weighted by molar-refractivity contribution is 0.506. The van der Waals surface area contributed by atoms with Crippen LogP contribution in [0.1, 0.15) is 131 Å². The minimum absolute atomic E-state index is 0.00991. The lowest BCUT2D eigenvalue weighted by Crippen LogP contribution is -2.61. The molecule has 4 heteroatoms. The molecule has 0 radical (unpaired) electrons. The van der Waals surface area contributed by atoms with Gasteiger partial charge in [-0.3, -0.25) is 0 Å². The van der Waals surface area contributed by atoms with E-state index in [1.54, 1.807) is 0 Å². The first kappa shape index (κ1) is 49.2. The summed E-state index contributed by atoms with van der Waals surface area (Å²) in [4.78, 5) is 7.72. The van der Waals surface area contributed by atoms with Gasteiger partial charge in [-0.2, -0.15) is 0 Å². The summed E-state index contributed by atoms with van der Waals surface area (Å²) in [6.07, 6.45) is 4.22. The highest BCUT2D eigenvalue weighted by atomic mass is 15.2. The number of hydrogen-bond acceptors (Lipinski definition) is 3. The summed E-state index contributed by atoms with van der Waals surface area (Å²) in [6, 6.07) is 70.4. The van der Waals surface area contributed by atoms with E-state index in [1.165, 1.54) is 82.9 Å². The van der Waals surface area contributed by atoms with E-state index < -0.39 is 0 Å². The van der Waals surface area contributed by atoms with Crippen molar-refractivity contribution in [3.05, 3.63) is 204 Å². The molecule has 0 saturated carbocycles. The Bertz CT molecular complexity index is 3350. The Morgan fingerprint density at radius 2 is 0.689 bits per heavy atom. The molecule has 0 amide bonds. The molecule has 2 aliphatic heterocycles. The van der Waals surface area contributed by atoms with E-state index in [0.29, 0.717) is 0 Å². The molecule has 9 aromatic rings. The second-order valence-electron chi connectivity index (χ2n) is 24.0. The van der Waals surface area contributed by atoms with Gasteiger partial charge in [0, 0.05) is 45.5 Å². The average Bonchev–Trinajstić information content (AvgIpc) is 3.51. The fourth-order valence-electron chi connectivity index (χ4n) is 11.5. The summed E-state index contributed by atoms with van der Waals surface area (Å²) in [5, 5.41) is 4.87. The molecule has 0 saturated heterocycles. The number of hydrogen-bond donors (Lipinski definition) is 0. The number of rotatable bonds is 13. The molecule has 0 fully saturated rings. The van der Waals surface area contributed by atoms with Crippen LogP contribution in [0.3, 0.4) is 0 Å². The highest BCUT2D eigenvalue weighted by molar-refractivity contribution is 7.00. The Morgan fingerprint density at radius 3 is 1.07 bits per heavy atom. The molecule has 0 spiro atoms. The predicted molar refractivity (Wildman–Crippen MR) is 323 cm³/mol. The minimum Gasteiger partial charge on any atom is -0.311 e. The van der Waals surface area contributed by atoms with Crippen molar-refractivity contribution in [1.29, 1.82) is 0 Å². The van der Waals surface area contributed by atoms with Crippen LogP contribution >= 0.6 is 0 Å². The molecule has 0 atom stereocenters. The molecule has 0 unspecified atom stereocenters. The summed E-state index contributed by atoms with van der Waals surface area (Å²) in [5.41, 5.74) is 20.1. The van der Waals surface area contributed by atoms with Crippen LogP contribution in [0.25, 0.3) is 21.5 Å². The van der Waals surface area contributed by atoms with E-state index in [0.717, 1.165) is 54.1 Å². The third-order valence-electron chi connectivity index (χ3n) is 18.2. The summed E-state index contributed by atoms with van der Waals surface area (Å²) in [6.45, 7) is 28.3. The van der Waals surface area contributed by atoms with E-state index in [1.807, 2.05) is 0 Å². The maximum Gasteiger partial charge on any atom is 0.252 e. The van der Waals surface area contributed by atoms with E-state index in [2.05, 4.69) is 280 Å². The normalized spacial score (nSPS) is 13.5. The first-order chi connectivity index (χ1) is 35.5. The van der Waals surface area contributed by atoms with Gasteiger partial charge in [-0.25, -0.2) is 0 Å². The van der Waals surface area contributed by atoms with Crippen molar-refractivity contribution >= 4 is 95.8 Å². The molecule has 11 rings (SSSR count). The molecule has 0 N–H and O–H groups in total. The lowest BCUT2D eigenvalue weighted by Gasteiger charge is -2.46. The minimum atomic E-state index is -0.0295. The van der Waals surface area contributed by atoms with Gasteiger partial charge in [-0.05, 0) is 180 Å². The highest BCUT2D eigenvalue weighted by Crippen LogP contribution is 2.50. The summed E-state index contributed by atoms with van der Waals surface area (Å²) >= 11 is 0. The molecule has 74 heavy (non-hydrogen) atoms. The van der Waals surface area contributed by atoms with Crippen LogP contribution in [0, 0.1) is 0 Å². The molecular weight excluding hydrogens is 894 g/mol. The summed E-state index contributed by atoms with van der Waals surface area (Å²) in [7, 11) is 0.